The topological polar surface area (TPSA) is 89.6 Å². The van der Waals surface area contributed by atoms with E-state index in [9.17, 15) is 14.7 Å². The van der Waals surface area contributed by atoms with Crippen LogP contribution in [0.3, 0.4) is 0 Å². The van der Waals surface area contributed by atoms with E-state index in [1.54, 1.807) is 42.5 Å². The molecule has 1 heterocycles. The molecule has 38 heavy (non-hydrogen) atoms. The van der Waals surface area contributed by atoms with Crippen LogP contribution in [0.1, 0.15) is 80.3 Å². The Bertz CT molecular complexity index is 1580. The van der Waals surface area contributed by atoms with Crippen molar-refractivity contribution in [2.24, 2.45) is 0 Å². The number of aromatic nitrogens is 1. The van der Waals surface area contributed by atoms with Crippen LogP contribution in [0.2, 0.25) is 10.0 Å². The lowest BCUT2D eigenvalue weighted by molar-refractivity contribution is 0.0696. The van der Waals surface area contributed by atoms with E-state index in [1.807, 2.05) is 13.0 Å². The van der Waals surface area contributed by atoms with Crippen molar-refractivity contribution in [3.63, 3.8) is 0 Å². The van der Waals surface area contributed by atoms with Crippen molar-refractivity contribution in [3.8, 4) is 17.0 Å². The summed E-state index contributed by atoms with van der Waals surface area (Å²) in [6, 6.07) is 15.5. The summed E-state index contributed by atoms with van der Waals surface area (Å²) in [6.07, 6.45) is 2.60. The zero-order chi connectivity index (χ0) is 26.6. The Kier molecular flexibility index (Phi) is 6.25. The lowest BCUT2D eigenvalue weighted by Gasteiger charge is -2.15. The van der Waals surface area contributed by atoms with Gasteiger partial charge in [0.2, 0.25) is 0 Å². The molecule has 0 radical (unpaired) electrons. The van der Waals surface area contributed by atoms with E-state index in [4.69, 9.17) is 32.5 Å². The zero-order valence-corrected chi connectivity index (χ0v) is 22.0. The number of carbonyl (C=O) groups is 2. The number of hydrogen-bond acceptors (Lipinski definition) is 5. The Morgan fingerprint density at radius 3 is 2.53 bits per heavy atom. The second kappa shape index (κ2) is 9.61. The third-order valence-corrected chi connectivity index (χ3v) is 7.90. The fraction of sp³-hybridized carbons (Fsp3) is 0.233. The van der Waals surface area contributed by atoms with Crippen molar-refractivity contribution in [2.75, 3.05) is 0 Å². The van der Waals surface area contributed by atoms with E-state index < -0.39 is 5.97 Å². The highest BCUT2D eigenvalue weighted by Gasteiger charge is 2.34. The number of benzene rings is 3. The second-order valence-electron chi connectivity index (χ2n) is 9.89. The van der Waals surface area contributed by atoms with Crippen molar-refractivity contribution in [1.29, 1.82) is 0 Å². The fourth-order valence-electron chi connectivity index (χ4n) is 5.15. The van der Waals surface area contributed by atoms with Gasteiger partial charge in [-0.05, 0) is 84.8 Å². The summed E-state index contributed by atoms with van der Waals surface area (Å²) in [6.45, 7) is 2.23. The zero-order valence-electron chi connectivity index (χ0n) is 20.5. The van der Waals surface area contributed by atoms with Gasteiger partial charge in [0, 0.05) is 22.6 Å². The van der Waals surface area contributed by atoms with Gasteiger partial charge in [-0.1, -0.05) is 41.3 Å². The number of hydrogen-bond donors (Lipinski definition) is 1. The van der Waals surface area contributed by atoms with Crippen LogP contribution in [0.25, 0.3) is 11.3 Å². The molecule has 6 rings (SSSR count). The maximum absolute atomic E-state index is 13.4. The molecule has 1 saturated carbocycles. The smallest absolute Gasteiger partial charge is 0.335 e. The molecule has 2 aliphatic carbocycles. The average Bonchev–Trinajstić information content (AvgIpc) is 3.67. The van der Waals surface area contributed by atoms with Crippen molar-refractivity contribution >= 4 is 35.0 Å². The molecule has 2 aliphatic rings. The highest BCUT2D eigenvalue weighted by Crippen LogP contribution is 2.46. The van der Waals surface area contributed by atoms with Crippen LogP contribution in [0, 0.1) is 0 Å². The molecule has 8 heteroatoms. The van der Waals surface area contributed by atoms with Gasteiger partial charge in [-0.15, -0.1) is 0 Å². The van der Waals surface area contributed by atoms with Crippen LogP contribution in [0.15, 0.2) is 59.1 Å². The number of rotatable bonds is 6. The molecular formula is C30H23Cl2NO5. The van der Waals surface area contributed by atoms with Gasteiger partial charge in [0.25, 0.3) is 0 Å². The number of aromatic carboxylic acids is 1. The lowest BCUT2D eigenvalue weighted by Crippen LogP contribution is -2.06. The Morgan fingerprint density at radius 1 is 1.08 bits per heavy atom. The molecule has 1 unspecified atom stereocenters. The second-order valence-corrected chi connectivity index (χ2v) is 10.7. The molecule has 0 aliphatic heterocycles. The summed E-state index contributed by atoms with van der Waals surface area (Å²) >= 11 is 13.0. The number of carboxylic acid groups (broad SMARTS) is 1. The molecule has 1 aromatic heterocycles. The normalized spacial score (nSPS) is 16.5. The van der Waals surface area contributed by atoms with Crippen LogP contribution in [-0.2, 0) is 13.0 Å². The number of fused-ring (bicyclic) bond motifs is 2. The van der Waals surface area contributed by atoms with Crippen molar-refractivity contribution in [2.45, 2.75) is 44.6 Å². The molecule has 0 amide bonds. The first kappa shape index (κ1) is 24.7. The van der Waals surface area contributed by atoms with Crippen molar-refractivity contribution in [1.82, 2.24) is 5.16 Å². The van der Waals surface area contributed by atoms with E-state index in [0.29, 0.717) is 50.5 Å². The quantitative estimate of drug-likeness (QED) is 0.266. The Labute approximate surface area is 229 Å². The number of carboxylic acids is 1. The summed E-state index contributed by atoms with van der Waals surface area (Å²) in [7, 11) is 0. The molecule has 6 nitrogen and oxygen atoms in total. The summed E-state index contributed by atoms with van der Waals surface area (Å²) in [5.74, 6) is 0.558. The molecular weight excluding hydrogens is 525 g/mol. The maximum atomic E-state index is 13.4. The van der Waals surface area contributed by atoms with E-state index >= 15 is 0 Å². The first-order valence-corrected chi connectivity index (χ1v) is 13.2. The first-order chi connectivity index (χ1) is 18.3. The number of halogens is 2. The van der Waals surface area contributed by atoms with Crippen molar-refractivity contribution in [3.05, 3.63) is 104 Å². The highest BCUT2D eigenvalue weighted by molar-refractivity contribution is 6.39. The molecule has 0 spiro atoms. The summed E-state index contributed by atoms with van der Waals surface area (Å²) in [4.78, 5) is 24.8. The molecule has 4 aromatic rings. The van der Waals surface area contributed by atoms with Crippen LogP contribution < -0.4 is 4.74 Å². The predicted octanol–water partition coefficient (Wildman–Crippen LogP) is 7.69. The minimum absolute atomic E-state index is 0.0158. The van der Waals surface area contributed by atoms with Gasteiger partial charge in [0.15, 0.2) is 5.78 Å². The number of carbonyl (C=O) groups excluding carboxylic acids is 1. The number of ether oxygens (including phenoxy) is 1. The lowest BCUT2D eigenvalue weighted by atomic mass is 9.92. The molecule has 0 bridgehead atoms. The number of nitrogens with zero attached hydrogens (tertiary/aromatic N) is 1. The molecule has 1 N–H and O–H groups in total. The van der Waals surface area contributed by atoms with Crippen LogP contribution >= 0.6 is 23.2 Å². The van der Waals surface area contributed by atoms with Gasteiger partial charge in [-0.3, -0.25) is 4.79 Å². The summed E-state index contributed by atoms with van der Waals surface area (Å²) < 4.78 is 12.0. The molecule has 192 valence electrons. The first-order valence-electron chi connectivity index (χ1n) is 12.4. The van der Waals surface area contributed by atoms with Gasteiger partial charge >= 0.3 is 5.97 Å². The highest BCUT2D eigenvalue weighted by atomic mass is 35.5. The van der Waals surface area contributed by atoms with Crippen LogP contribution in [0.5, 0.6) is 5.75 Å². The Hall–Kier alpha value is -3.61. The SMILES string of the molecule is CC1Cc2cc(C(=O)O)ccc2C(=O)c2ccc(OCc3c(-c4c(Cl)cccc4Cl)noc3C3CC3)cc21. The third kappa shape index (κ3) is 4.38. The molecule has 1 fully saturated rings. The average molecular weight is 548 g/mol. The summed E-state index contributed by atoms with van der Waals surface area (Å²) in [5, 5.41) is 14.7. The standard InChI is InChI=1S/C30H23Cl2NO5/c1-15-11-18-12-17(30(35)36)7-9-20(18)28(34)21-10-8-19(13-22(15)21)37-14-23-27(33-38-29(23)16-5-6-16)26-24(31)3-2-4-25(26)32/h2-4,7-10,12-13,15-16H,5-6,11,14H2,1H3,(H,35,36). The van der Waals surface area contributed by atoms with Gasteiger partial charge < -0.3 is 14.4 Å². The number of ketones is 1. The van der Waals surface area contributed by atoms with Gasteiger partial charge in [-0.2, -0.15) is 0 Å². The Balaban J connectivity index is 1.32. The predicted molar refractivity (Wildman–Crippen MR) is 144 cm³/mol. The monoisotopic (exact) mass is 547 g/mol. The largest absolute Gasteiger partial charge is 0.489 e. The third-order valence-electron chi connectivity index (χ3n) is 7.27. The van der Waals surface area contributed by atoms with E-state index in [1.165, 1.54) is 6.07 Å². The van der Waals surface area contributed by atoms with Crippen LogP contribution in [-0.4, -0.2) is 22.0 Å². The van der Waals surface area contributed by atoms with Crippen molar-refractivity contribution < 1.29 is 24.0 Å². The molecule has 1 atom stereocenters. The minimum Gasteiger partial charge on any atom is -0.489 e. The molecule has 0 saturated heterocycles. The maximum Gasteiger partial charge on any atom is 0.335 e. The minimum atomic E-state index is -1.01. The summed E-state index contributed by atoms with van der Waals surface area (Å²) in [5.41, 5.74) is 4.91. The van der Waals surface area contributed by atoms with Gasteiger partial charge in [-0.25, -0.2) is 4.79 Å². The van der Waals surface area contributed by atoms with E-state index in [0.717, 1.165) is 35.3 Å². The molecule has 3 aromatic carbocycles. The van der Waals surface area contributed by atoms with E-state index in [-0.39, 0.29) is 23.9 Å². The van der Waals surface area contributed by atoms with Gasteiger partial charge in [0.1, 0.15) is 23.8 Å². The fourth-order valence-corrected chi connectivity index (χ4v) is 5.73. The van der Waals surface area contributed by atoms with E-state index in [2.05, 4.69) is 5.16 Å². The Morgan fingerprint density at radius 2 is 1.82 bits per heavy atom. The van der Waals surface area contributed by atoms with Crippen LogP contribution in [0.4, 0.5) is 0 Å². The van der Waals surface area contributed by atoms with Gasteiger partial charge in [0.05, 0.1) is 21.2 Å².